The Labute approximate surface area is 260 Å². The van der Waals surface area contributed by atoms with Crippen molar-refractivity contribution in [2.24, 2.45) is 0 Å². The van der Waals surface area contributed by atoms with Crippen LogP contribution in [0.2, 0.25) is 0 Å². The van der Waals surface area contributed by atoms with Crippen LogP contribution in [0.3, 0.4) is 0 Å². The van der Waals surface area contributed by atoms with Gasteiger partial charge in [0, 0.05) is 6.42 Å². The number of carbonyl (C=O) groups is 1. The number of rotatable bonds is 31. The van der Waals surface area contributed by atoms with Crippen LogP contribution >= 0.6 is 0 Å². The first kappa shape index (κ1) is 40.8. The summed E-state index contributed by atoms with van der Waals surface area (Å²) in [6.07, 6.45) is 35.5. The van der Waals surface area contributed by atoms with Gasteiger partial charge in [-0.05, 0) is 38.5 Å². The zero-order chi connectivity index (χ0) is 31.2. The van der Waals surface area contributed by atoms with Crippen molar-refractivity contribution in [3.05, 3.63) is 24.3 Å². The molecule has 0 spiro atoms. The minimum Gasteiger partial charge on any atom is -0.391 e. The van der Waals surface area contributed by atoms with Crippen molar-refractivity contribution in [3.63, 3.8) is 0 Å². The largest absolute Gasteiger partial charge is 0.391 e. The Hall–Kier alpha value is -1.18. The van der Waals surface area contributed by atoms with Gasteiger partial charge < -0.3 is 10.4 Å². The highest BCUT2D eigenvalue weighted by atomic mass is 32.2. The average molecular weight is 614 g/mol. The molecule has 0 saturated heterocycles. The van der Waals surface area contributed by atoms with E-state index in [-0.39, 0.29) is 5.91 Å². The van der Waals surface area contributed by atoms with Crippen LogP contribution in [0.4, 0.5) is 0 Å². The lowest BCUT2D eigenvalue weighted by Gasteiger charge is -2.23. The number of carbonyl (C=O) groups excluding carboxylic acids is 1. The predicted octanol–water partition coefficient (Wildman–Crippen LogP) is 9.62. The number of allylic oxidation sites excluding steroid dienone is 4. The Bertz CT molecular complexity index is 765. The molecule has 2 atom stereocenters. The van der Waals surface area contributed by atoms with Crippen LogP contribution in [0.1, 0.15) is 174 Å². The number of aliphatic hydroxyl groups excluding tert-OH is 1. The molecule has 248 valence electrons. The fourth-order valence-corrected chi connectivity index (χ4v) is 6.01. The standard InChI is InChI=1S/C35H67NO5S/c1-3-5-7-9-11-13-15-17-19-20-22-24-26-28-30-34(37)33(32-42(39,40)41)36-35(38)31-29-27-25-23-21-18-16-14-12-10-8-6-4-2/h8,10,14,16,33-34,37H,3-7,9,11-13,15,17-32H2,1-2H3,(H,36,38)(H,39,40,41)/b10-8-,16-14-. The molecule has 0 radical (unpaired) electrons. The average Bonchev–Trinajstić information content (AvgIpc) is 2.94. The van der Waals surface area contributed by atoms with E-state index < -0.39 is 28.0 Å². The molecule has 0 aromatic carbocycles. The Morgan fingerprint density at radius 1 is 0.643 bits per heavy atom. The predicted molar refractivity (Wildman–Crippen MR) is 179 cm³/mol. The minimum atomic E-state index is -4.30. The third kappa shape index (κ3) is 30.3. The van der Waals surface area contributed by atoms with Gasteiger partial charge in [0.25, 0.3) is 10.1 Å². The van der Waals surface area contributed by atoms with Crippen molar-refractivity contribution >= 4 is 16.0 Å². The van der Waals surface area contributed by atoms with Gasteiger partial charge in [-0.15, -0.1) is 0 Å². The van der Waals surface area contributed by atoms with E-state index in [2.05, 4.69) is 43.5 Å². The van der Waals surface area contributed by atoms with Gasteiger partial charge in [0.05, 0.1) is 17.9 Å². The number of hydrogen-bond donors (Lipinski definition) is 3. The van der Waals surface area contributed by atoms with E-state index in [9.17, 15) is 22.9 Å². The Morgan fingerprint density at radius 3 is 1.64 bits per heavy atom. The van der Waals surface area contributed by atoms with Crippen LogP contribution in [0, 0.1) is 0 Å². The first-order valence-corrected chi connectivity index (χ1v) is 19.1. The summed E-state index contributed by atoms with van der Waals surface area (Å²) in [5, 5.41) is 13.3. The van der Waals surface area contributed by atoms with Crippen molar-refractivity contribution in [2.45, 2.75) is 187 Å². The molecule has 0 aliphatic heterocycles. The summed E-state index contributed by atoms with van der Waals surface area (Å²) in [4.78, 5) is 12.4. The van der Waals surface area contributed by atoms with Crippen molar-refractivity contribution in [1.29, 1.82) is 0 Å². The fraction of sp³-hybridized carbons (Fsp3) is 0.857. The van der Waals surface area contributed by atoms with Crippen molar-refractivity contribution in [3.8, 4) is 0 Å². The molecule has 0 rings (SSSR count). The second kappa shape index (κ2) is 29.9. The van der Waals surface area contributed by atoms with E-state index >= 15 is 0 Å². The molecule has 0 bridgehead atoms. The Balaban J connectivity index is 3.97. The molecule has 42 heavy (non-hydrogen) atoms. The van der Waals surface area contributed by atoms with Gasteiger partial charge in [-0.3, -0.25) is 9.35 Å². The van der Waals surface area contributed by atoms with Gasteiger partial charge >= 0.3 is 0 Å². The third-order valence-electron chi connectivity index (χ3n) is 7.89. The van der Waals surface area contributed by atoms with Gasteiger partial charge in [-0.25, -0.2) is 0 Å². The van der Waals surface area contributed by atoms with E-state index in [0.717, 1.165) is 70.6 Å². The molecule has 0 aromatic rings. The van der Waals surface area contributed by atoms with Gasteiger partial charge in [0.1, 0.15) is 0 Å². The topological polar surface area (TPSA) is 104 Å². The van der Waals surface area contributed by atoms with E-state index in [4.69, 9.17) is 0 Å². The second-order valence-electron chi connectivity index (χ2n) is 12.1. The SMILES string of the molecule is CCC/C=C\C/C=C\CCCCCCCC(=O)NC(CS(=O)(=O)O)C(O)CCCCCCCCCCCCCCCC. The highest BCUT2D eigenvalue weighted by molar-refractivity contribution is 7.85. The lowest BCUT2D eigenvalue weighted by molar-refractivity contribution is -0.122. The molecule has 6 nitrogen and oxygen atoms in total. The molecule has 0 aromatic heterocycles. The van der Waals surface area contributed by atoms with Crippen LogP contribution in [0.25, 0.3) is 0 Å². The molecular formula is C35H67NO5S. The normalized spacial score (nSPS) is 13.7. The first-order chi connectivity index (χ1) is 20.3. The molecule has 7 heteroatoms. The minimum absolute atomic E-state index is 0.261. The molecule has 0 aliphatic rings. The van der Waals surface area contributed by atoms with Gasteiger partial charge in [0.2, 0.25) is 5.91 Å². The smallest absolute Gasteiger partial charge is 0.266 e. The van der Waals surface area contributed by atoms with Gasteiger partial charge in [0.15, 0.2) is 0 Å². The first-order valence-electron chi connectivity index (χ1n) is 17.5. The maximum atomic E-state index is 12.4. The van der Waals surface area contributed by atoms with Crippen molar-refractivity contribution in [2.75, 3.05) is 5.75 Å². The monoisotopic (exact) mass is 613 g/mol. The zero-order valence-corrected chi connectivity index (χ0v) is 28.2. The number of aliphatic hydroxyl groups is 1. The van der Waals surface area contributed by atoms with E-state index in [1.807, 2.05) is 0 Å². The van der Waals surface area contributed by atoms with Gasteiger partial charge in [-0.1, -0.05) is 154 Å². The van der Waals surface area contributed by atoms with Crippen LogP contribution in [-0.2, 0) is 14.9 Å². The molecule has 0 fully saturated rings. The quantitative estimate of drug-likeness (QED) is 0.0410. The zero-order valence-electron chi connectivity index (χ0n) is 27.4. The molecule has 1 amide bonds. The maximum absolute atomic E-state index is 12.4. The van der Waals surface area contributed by atoms with Crippen LogP contribution in [0.15, 0.2) is 24.3 Å². The summed E-state index contributed by atoms with van der Waals surface area (Å²) in [6.45, 7) is 4.43. The number of amides is 1. The van der Waals surface area contributed by atoms with Crippen molar-refractivity contribution in [1.82, 2.24) is 5.32 Å². The Kier molecular flexibility index (Phi) is 29.0. The Morgan fingerprint density at radius 2 is 1.12 bits per heavy atom. The van der Waals surface area contributed by atoms with Crippen LogP contribution in [0.5, 0.6) is 0 Å². The molecule has 0 saturated carbocycles. The molecule has 2 unspecified atom stereocenters. The van der Waals surface area contributed by atoms with E-state index in [0.29, 0.717) is 12.8 Å². The van der Waals surface area contributed by atoms with Crippen LogP contribution < -0.4 is 5.32 Å². The third-order valence-corrected chi connectivity index (χ3v) is 8.67. The second-order valence-corrected chi connectivity index (χ2v) is 13.6. The summed E-state index contributed by atoms with van der Waals surface area (Å²) in [5.74, 6) is -0.914. The number of hydrogen-bond acceptors (Lipinski definition) is 4. The molecular weight excluding hydrogens is 546 g/mol. The highest BCUT2D eigenvalue weighted by Gasteiger charge is 2.26. The maximum Gasteiger partial charge on any atom is 0.266 e. The molecule has 0 heterocycles. The lowest BCUT2D eigenvalue weighted by atomic mass is 10.0. The molecule has 3 N–H and O–H groups in total. The highest BCUT2D eigenvalue weighted by Crippen LogP contribution is 2.15. The summed E-state index contributed by atoms with van der Waals surface area (Å²) < 4.78 is 32.3. The lowest BCUT2D eigenvalue weighted by Crippen LogP contribution is -2.47. The van der Waals surface area contributed by atoms with Gasteiger partial charge in [-0.2, -0.15) is 8.42 Å². The number of nitrogens with one attached hydrogen (secondary N) is 1. The van der Waals surface area contributed by atoms with Crippen molar-refractivity contribution < 1.29 is 22.9 Å². The fourth-order valence-electron chi connectivity index (χ4n) is 5.26. The van der Waals surface area contributed by atoms with Crippen LogP contribution in [-0.4, -0.2) is 41.9 Å². The summed E-state index contributed by atoms with van der Waals surface area (Å²) in [6, 6.07) is -0.974. The summed E-state index contributed by atoms with van der Waals surface area (Å²) in [5.41, 5.74) is 0. The number of unbranched alkanes of at least 4 members (excludes halogenated alkanes) is 19. The summed E-state index contributed by atoms with van der Waals surface area (Å²) in [7, 11) is -4.30. The van der Waals surface area contributed by atoms with E-state index in [1.54, 1.807) is 0 Å². The molecule has 0 aliphatic carbocycles. The van der Waals surface area contributed by atoms with E-state index in [1.165, 1.54) is 77.0 Å². The summed E-state index contributed by atoms with van der Waals surface area (Å²) >= 11 is 0.